The van der Waals surface area contributed by atoms with Gasteiger partial charge in [-0.2, -0.15) is 0 Å². The molecule has 5 rings (SSSR count). The third-order valence-corrected chi connectivity index (χ3v) is 4.43. The zero-order valence-corrected chi connectivity index (χ0v) is 13.6. The molecule has 0 aliphatic carbocycles. The zero-order valence-electron chi connectivity index (χ0n) is 23.6. The Hall–Kier alpha value is -3.38. The highest BCUT2D eigenvalue weighted by Crippen LogP contribution is 2.43. The Kier molecular flexibility index (Phi) is 1.87. The van der Waals surface area contributed by atoms with E-state index in [-0.39, 0.29) is 35.3 Å². The summed E-state index contributed by atoms with van der Waals surface area (Å²) in [5.74, 6) is 0. The molecule has 0 heteroatoms. The van der Waals surface area contributed by atoms with Gasteiger partial charge in [0.1, 0.15) is 0 Å². The lowest BCUT2D eigenvalue weighted by atomic mass is 9.86. The Morgan fingerprint density at radius 1 is 0.423 bits per heavy atom. The van der Waals surface area contributed by atoms with Crippen LogP contribution in [0, 0.1) is 0 Å². The average Bonchev–Trinajstić information content (AvgIpc) is 2.89. The predicted molar refractivity (Wildman–Crippen MR) is 112 cm³/mol. The summed E-state index contributed by atoms with van der Waals surface area (Å²) in [7, 11) is 0. The molecule has 0 radical (unpaired) electrons. The molecule has 0 fully saturated rings. The van der Waals surface area contributed by atoms with E-state index in [1.807, 2.05) is 0 Å². The highest BCUT2D eigenvalue weighted by molar-refractivity contribution is 6.21. The highest BCUT2D eigenvalue weighted by atomic mass is 14.2. The van der Waals surface area contributed by atoms with Gasteiger partial charge in [-0.15, -0.1) is 0 Å². The lowest BCUT2D eigenvalue weighted by molar-refractivity contribution is 1.65. The SMILES string of the molecule is [2H]c1c([2H])c([2H])c(-c2c3ccccc3c(-c3c([2H])c([2H])c([2H])c([2H])c3[2H])c3ccccc23)c([2H])c1[2H]. The molecule has 0 spiro atoms. The third-order valence-electron chi connectivity index (χ3n) is 4.43. The van der Waals surface area contributed by atoms with Crippen molar-refractivity contribution in [2.45, 2.75) is 0 Å². The van der Waals surface area contributed by atoms with Gasteiger partial charge in [0.05, 0.1) is 13.7 Å². The van der Waals surface area contributed by atoms with Crippen molar-refractivity contribution in [2.75, 3.05) is 0 Å². The molecule has 0 unspecified atom stereocenters. The fraction of sp³-hybridized carbons (Fsp3) is 0. The summed E-state index contributed by atoms with van der Waals surface area (Å²) in [6.45, 7) is 0. The van der Waals surface area contributed by atoms with Crippen molar-refractivity contribution in [3.8, 4) is 22.3 Å². The first-order chi connectivity index (χ1) is 17.1. The quantitative estimate of drug-likeness (QED) is 0.295. The van der Waals surface area contributed by atoms with Crippen molar-refractivity contribution >= 4 is 21.5 Å². The van der Waals surface area contributed by atoms with Gasteiger partial charge in [-0.25, -0.2) is 0 Å². The molecule has 0 aliphatic rings. The first kappa shape index (κ1) is 7.88. The summed E-state index contributed by atoms with van der Waals surface area (Å²) >= 11 is 0. The monoisotopic (exact) mass is 340 g/mol. The number of hydrogen-bond donors (Lipinski definition) is 0. The standard InChI is InChI=1S/C26H18/c1-3-11-19(12-4-1)25-21-15-7-9-17-23(21)26(20-13-5-2-6-14-20)24-18-10-8-16-22(24)25/h1-18H/i1D,2D,3D,4D,5D,6D,11D,12D,13D,14D. The molecular formula is C26H18. The molecule has 122 valence electrons. The van der Waals surface area contributed by atoms with Gasteiger partial charge in [0.25, 0.3) is 0 Å². The smallest absolute Gasteiger partial charge is 0.0622 e. The van der Waals surface area contributed by atoms with E-state index in [0.717, 1.165) is 0 Å². The van der Waals surface area contributed by atoms with E-state index in [1.54, 1.807) is 48.5 Å². The van der Waals surface area contributed by atoms with Crippen LogP contribution in [0.4, 0.5) is 0 Å². The molecule has 0 saturated carbocycles. The maximum atomic E-state index is 8.59. The van der Waals surface area contributed by atoms with Crippen LogP contribution in [-0.4, -0.2) is 0 Å². The van der Waals surface area contributed by atoms with Gasteiger partial charge >= 0.3 is 0 Å². The molecule has 0 saturated heterocycles. The molecule has 0 N–H and O–H groups in total. The van der Waals surface area contributed by atoms with Gasteiger partial charge in [-0.3, -0.25) is 0 Å². The van der Waals surface area contributed by atoms with Crippen molar-refractivity contribution in [3.63, 3.8) is 0 Å². The predicted octanol–water partition coefficient (Wildman–Crippen LogP) is 7.33. The van der Waals surface area contributed by atoms with Crippen molar-refractivity contribution in [3.05, 3.63) is 109 Å². The molecule has 0 amide bonds. The van der Waals surface area contributed by atoms with Crippen LogP contribution in [0.1, 0.15) is 13.7 Å². The van der Waals surface area contributed by atoms with E-state index in [9.17, 15) is 0 Å². The molecule has 0 nitrogen and oxygen atoms in total. The first-order valence-electron chi connectivity index (χ1n) is 13.2. The Bertz CT molecular complexity index is 1500. The van der Waals surface area contributed by atoms with Crippen molar-refractivity contribution < 1.29 is 13.7 Å². The second-order valence-corrected chi connectivity index (χ2v) is 5.84. The van der Waals surface area contributed by atoms with Crippen LogP contribution in [0.5, 0.6) is 0 Å². The summed E-state index contributed by atoms with van der Waals surface area (Å²) in [6.07, 6.45) is 0. The molecule has 5 aromatic carbocycles. The van der Waals surface area contributed by atoms with Crippen molar-refractivity contribution in [1.29, 1.82) is 0 Å². The molecule has 5 aromatic rings. The fourth-order valence-corrected chi connectivity index (χ4v) is 3.42. The maximum Gasteiger partial charge on any atom is 0.0629 e. The maximum absolute atomic E-state index is 8.59. The van der Waals surface area contributed by atoms with Gasteiger partial charge < -0.3 is 0 Å². The van der Waals surface area contributed by atoms with E-state index in [2.05, 4.69) is 0 Å². The number of benzene rings is 5. The van der Waals surface area contributed by atoms with Crippen LogP contribution in [-0.2, 0) is 0 Å². The minimum absolute atomic E-state index is 0.0426. The Morgan fingerprint density at radius 2 is 0.731 bits per heavy atom. The number of fused-ring (bicyclic) bond motifs is 2. The molecule has 0 heterocycles. The Labute approximate surface area is 167 Å². The zero-order chi connectivity index (χ0) is 26.0. The summed E-state index contributed by atoms with van der Waals surface area (Å²) in [5.41, 5.74) is 0.936. The Balaban J connectivity index is 2.08. The second-order valence-electron chi connectivity index (χ2n) is 5.84. The normalized spacial score (nSPS) is 16.5. The van der Waals surface area contributed by atoms with Gasteiger partial charge in [-0.1, -0.05) is 109 Å². The van der Waals surface area contributed by atoms with Gasteiger partial charge in [0, 0.05) is 0 Å². The second kappa shape index (κ2) is 6.16. The average molecular weight is 340 g/mol. The van der Waals surface area contributed by atoms with E-state index in [0.29, 0.717) is 32.7 Å². The van der Waals surface area contributed by atoms with Crippen LogP contribution in [0.2, 0.25) is 0 Å². The minimum Gasteiger partial charge on any atom is -0.0622 e. The van der Waals surface area contributed by atoms with Crippen molar-refractivity contribution in [1.82, 2.24) is 0 Å². The Morgan fingerprint density at radius 3 is 1.04 bits per heavy atom. The molecule has 0 aromatic heterocycles. The lowest BCUT2D eigenvalue weighted by Crippen LogP contribution is -1.90. The van der Waals surface area contributed by atoms with E-state index in [4.69, 9.17) is 13.7 Å². The summed E-state index contributed by atoms with van der Waals surface area (Å²) in [4.78, 5) is 0. The van der Waals surface area contributed by atoms with E-state index < -0.39 is 36.3 Å². The van der Waals surface area contributed by atoms with Crippen LogP contribution in [0.3, 0.4) is 0 Å². The minimum atomic E-state index is -0.488. The topological polar surface area (TPSA) is 0 Å². The van der Waals surface area contributed by atoms with Gasteiger partial charge in [0.2, 0.25) is 0 Å². The number of hydrogen-bond acceptors (Lipinski definition) is 0. The summed E-state index contributed by atoms with van der Waals surface area (Å²) in [6, 6.07) is 9.85. The fourth-order valence-electron chi connectivity index (χ4n) is 3.42. The van der Waals surface area contributed by atoms with Crippen molar-refractivity contribution in [2.24, 2.45) is 0 Å². The third kappa shape index (κ3) is 2.31. The van der Waals surface area contributed by atoms with Gasteiger partial charge in [-0.05, 0) is 43.8 Å². The summed E-state index contributed by atoms with van der Waals surface area (Å²) < 4.78 is 83.1. The lowest BCUT2D eigenvalue weighted by Gasteiger charge is -2.17. The van der Waals surface area contributed by atoms with E-state index in [1.165, 1.54) is 0 Å². The first-order valence-corrected chi connectivity index (χ1v) is 8.15. The molecular weight excluding hydrogens is 312 g/mol. The molecule has 0 atom stereocenters. The molecule has 0 aliphatic heterocycles. The van der Waals surface area contributed by atoms with Crippen LogP contribution < -0.4 is 0 Å². The van der Waals surface area contributed by atoms with Crippen LogP contribution in [0.15, 0.2) is 109 Å². The van der Waals surface area contributed by atoms with Gasteiger partial charge in [0.15, 0.2) is 0 Å². The number of rotatable bonds is 2. The highest BCUT2D eigenvalue weighted by Gasteiger charge is 2.15. The summed E-state index contributed by atoms with van der Waals surface area (Å²) in [5, 5.41) is 2.15. The largest absolute Gasteiger partial charge is 0.0629 e. The van der Waals surface area contributed by atoms with E-state index >= 15 is 0 Å². The molecule has 26 heavy (non-hydrogen) atoms. The molecule has 0 bridgehead atoms. The van der Waals surface area contributed by atoms with Crippen LogP contribution in [0.25, 0.3) is 43.8 Å². The van der Waals surface area contributed by atoms with Crippen LogP contribution >= 0.6 is 0 Å².